The van der Waals surface area contributed by atoms with Gasteiger partial charge in [-0.05, 0) is 20.3 Å². The summed E-state index contributed by atoms with van der Waals surface area (Å²) in [6.07, 6.45) is -0.672. The van der Waals surface area contributed by atoms with Crippen molar-refractivity contribution in [2.24, 2.45) is 10.3 Å². The fourth-order valence-electron chi connectivity index (χ4n) is 1.55. The van der Waals surface area contributed by atoms with Gasteiger partial charge in [-0.1, -0.05) is 0 Å². The van der Waals surface area contributed by atoms with Gasteiger partial charge in [-0.3, -0.25) is 19.2 Å². The number of carboxylic acid groups (broad SMARTS) is 1. The van der Waals surface area contributed by atoms with E-state index in [-0.39, 0.29) is 24.7 Å². The molecule has 2 atom stereocenters. The maximum atomic E-state index is 12.0. The van der Waals surface area contributed by atoms with Crippen LogP contribution < -0.4 is 16.4 Å². The smallest absolute Gasteiger partial charge is 0.325 e. The molecule has 0 saturated heterocycles. The number of hydrogen-bond donors (Lipinski definition) is 4. The zero-order valence-electron chi connectivity index (χ0n) is 13.9. The van der Waals surface area contributed by atoms with Crippen LogP contribution in [0.3, 0.4) is 0 Å². The van der Waals surface area contributed by atoms with E-state index in [0.717, 1.165) is 0 Å². The minimum absolute atomic E-state index is 0.116. The first-order valence-corrected chi connectivity index (χ1v) is 8.31. The van der Waals surface area contributed by atoms with Crippen molar-refractivity contribution in [3.63, 3.8) is 0 Å². The van der Waals surface area contributed by atoms with Crippen molar-refractivity contribution in [1.82, 2.24) is 10.6 Å². The van der Waals surface area contributed by atoms with Crippen LogP contribution in [0.25, 0.3) is 0 Å². The molecule has 0 rings (SSSR count). The van der Waals surface area contributed by atoms with Crippen LogP contribution in [0.2, 0.25) is 0 Å². The first-order valence-electron chi connectivity index (χ1n) is 7.36. The fraction of sp³-hybridized carbons (Fsp3) is 0.692. The number of aliphatic carboxylic acids is 1. The van der Waals surface area contributed by atoms with Crippen LogP contribution in [0, 0.1) is 4.91 Å². The van der Waals surface area contributed by atoms with Crippen molar-refractivity contribution >= 4 is 35.7 Å². The highest BCUT2D eigenvalue weighted by molar-refractivity contribution is 7.97. The summed E-state index contributed by atoms with van der Waals surface area (Å²) in [7, 11) is 0. The van der Waals surface area contributed by atoms with Gasteiger partial charge in [-0.2, -0.15) is 0 Å². The Labute approximate surface area is 148 Å². The molecule has 142 valence electrons. The number of nitroso groups, excluding NO2 is 1. The summed E-state index contributed by atoms with van der Waals surface area (Å²) in [5.41, 5.74) is 5.29. The molecule has 0 saturated carbocycles. The molecule has 0 fully saturated rings. The van der Waals surface area contributed by atoms with E-state index in [0.29, 0.717) is 11.9 Å². The van der Waals surface area contributed by atoms with Crippen LogP contribution in [-0.2, 0) is 23.9 Å². The van der Waals surface area contributed by atoms with E-state index in [1.807, 2.05) is 0 Å². The molecule has 12 heteroatoms. The second kappa shape index (κ2) is 12.2. The number of carboxylic acids is 1. The Hall–Kier alpha value is -2.21. The van der Waals surface area contributed by atoms with Crippen LogP contribution in [0.5, 0.6) is 0 Å². The zero-order valence-corrected chi connectivity index (χ0v) is 14.7. The normalized spacial score (nSPS) is 12.8. The number of carbonyl (C=O) groups excluding carboxylic acids is 3. The van der Waals surface area contributed by atoms with E-state index >= 15 is 0 Å². The number of hydrogen-bond acceptors (Lipinski definition) is 9. The molecule has 0 aromatic rings. The Morgan fingerprint density at radius 2 is 1.92 bits per heavy atom. The SMILES string of the molecule is CC(C)OC(=O)CNC(=O)[C@H](CSN=O)NC(=O)CC[C@H](N)C(=O)O. The third kappa shape index (κ3) is 11.1. The van der Waals surface area contributed by atoms with Crippen molar-refractivity contribution in [3.8, 4) is 0 Å². The molecule has 2 amide bonds. The number of ether oxygens (including phenoxy) is 1. The molecule has 0 unspecified atom stereocenters. The summed E-state index contributed by atoms with van der Waals surface area (Å²) in [6.45, 7) is 2.90. The molecule has 0 heterocycles. The van der Waals surface area contributed by atoms with Gasteiger partial charge in [0.25, 0.3) is 0 Å². The quantitative estimate of drug-likeness (QED) is 0.191. The lowest BCUT2D eigenvalue weighted by Crippen LogP contribution is -2.49. The lowest BCUT2D eigenvalue weighted by atomic mass is 10.1. The van der Waals surface area contributed by atoms with Gasteiger partial charge >= 0.3 is 11.9 Å². The molecule has 0 aromatic carbocycles. The minimum atomic E-state index is -1.24. The summed E-state index contributed by atoms with van der Waals surface area (Å²) in [5.74, 6) is -3.36. The van der Waals surface area contributed by atoms with E-state index in [1.54, 1.807) is 13.8 Å². The molecule has 0 aromatic heterocycles. The van der Waals surface area contributed by atoms with Crippen molar-refractivity contribution in [2.75, 3.05) is 12.3 Å². The van der Waals surface area contributed by atoms with Crippen molar-refractivity contribution in [2.45, 2.75) is 44.9 Å². The maximum absolute atomic E-state index is 12.0. The molecule has 5 N–H and O–H groups in total. The van der Waals surface area contributed by atoms with Crippen LogP contribution in [-0.4, -0.2) is 59.3 Å². The Balaban J connectivity index is 4.53. The first kappa shape index (κ1) is 22.8. The third-order valence-electron chi connectivity index (χ3n) is 2.72. The van der Waals surface area contributed by atoms with Crippen LogP contribution in [0.1, 0.15) is 26.7 Å². The van der Waals surface area contributed by atoms with Gasteiger partial charge in [0.1, 0.15) is 18.6 Å². The second-order valence-corrected chi connectivity index (χ2v) is 5.97. The van der Waals surface area contributed by atoms with Gasteiger partial charge in [0.05, 0.1) is 6.10 Å². The predicted molar refractivity (Wildman–Crippen MR) is 89.3 cm³/mol. The first-order chi connectivity index (χ1) is 11.7. The predicted octanol–water partition coefficient (Wildman–Crippen LogP) is -0.854. The highest BCUT2D eigenvalue weighted by Crippen LogP contribution is 2.05. The average Bonchev–Trinajstić information content (AvgIpc) is 2.53. The van der Waals surface area contributed by atoms with Gasteiger partial charge < -0.3 is 26.2 Å². The topological polar surface area (TPSA) is 177 Å². The molecular weight excluding hydrogens is 356 g/mol. The maximum Gasteiger partial charge on any atom is 0.325 e. The molecule has 0 aliphatic heterocycles. The molecule has 0 spiro atoms. The molecule has 0 aliphatic rings. The summed E-state index contributed by atoms with van der Waals surface area (Å²) in [6, 6.07) is -2.32. The van der Waals surface area contributed by atoms with E-state index in [9.17, 15) is 24.1 Å². The summed E-state index contributed by atoms with van der Waals surface area (Å²) in [5, 5.41) is 13.3. The summed E-state index contributed by atoms with van der Waals surface area (Å²) in [4.78, 5) is 56.0. The van der Waals surface area contributed by atoms with E-state index < -0.39 is 42.4 Å². The highest BCUT2D eigenvalue weighted by atomic mass is 32.2. The average molecular weight is 378 g/mol. The van der Waals surface area contributed by atoms with E-state index in [4.69, 9.17) is 15.6 Å². The van der Waals surface area contributed by atoms with E-state index in [1.165, 1.54) is 0 Å². The van der Waals surface area contributed by atoms with Gasteiger partial charge in [-0.25, -0.2) is 0 Å². The number of nitrogens with two attached hydrogens (primary N) is 1. The van der Waals surface area contributed by atoms with Crippen molar-refractivity contribution in [1.29, 1.82) is 0 Å². The third-order valence-corrected chi connectivity index (χ3v) is 3.31. The Morgan fingerprint density at radius 1 is 1.28 bits per heavy atom. The zero-order chi connectivity index (χ0) is 19.4. The molecule has 25 heavy (non-hydrogen) atoms. The molecule has 0 aliphatic carbocycles. The lowest BCUT2D eigenvalue weighted by Gasteiger charge is -2.17. The number of amides is 2. The second-order valence-electron chi connectivity index (χ2n) is 5.23. The molecule has 0 bridgehead atoms. The molecule has 11 nitrogen and oxygen atoms in total. The molecule has 0 radical (unpaired) electrons. The van der Waals surface area contributed by atoms with Crippen LogP contribution >= 0.6 is 11.9 Å². The highest BCUT2D eigenvalue weighted by Gasteiger charge is 2.23. The Kier molecular flexibility index (Phi) is 11.1. The standard InChI is InChI=1S/C13H22N4O7S/c1-7(2)24-11(19)5-15-12(20)9(6-25-17-23)16-10(18)4-3-8(14)13(21)22/h7-9H,3-6,14H2,1-2H3,(H,15,20)(H,16,18)(H,21,22)/t8-,9-/m0/s1. The summed E-state index contributed by atoms with van der Waals surface area (Å²) >= 11 is 0.520. The van der Waals surface area contributed by atoms with Gasteiger partial charge in [-0.15, -0.1) is 4.91 Å². The van der Waals surface area contributed by atoms with Crippen LogP contribution in [0.15, 0.2) is 4.58 Å². The van der Waals surface area contributed by atoms with Crippen molar-refractivity contribution in [3.05, 3.63) is 4.91 Å². The van der Waals surface area contributed by atoms with Crippen LogP contribution in [0.4, 0.5) is 0 Å². The summed E-state index contributed by atoms with van der Waals surface area (Å²) < 4.78 is 7.39. The van der Waals surface area contributed by atoms with Gasteiger partial charge in [0.15, 0.2) is 0 Å². The number of rotatable bonds is 12. The van der Waals surface area contributed by atoms with Crippen molar-refractivity contribution < 1.29 is 29.0 Å². The number of esters is 1. The van der Waals surface area contributed by atoms with Gasteiger partial charge in [0, 0.05) is 28.7 Å². The number of carbonyl (C=O) groups is 4. The number of nitrogens with one attached hydrogen (secondary N) is 2. The monoisotopic (exact) mass is 378 g/mol. The lowest BCUT2D eigenvalue weighted by molar-refractivity contribution is -0.147. The van der Waals surface area contributed by atoms with E-state index in [2.05, 4.69) is 15.2 Å². The molecular formula is C13H22N4O7S. The fourth-order valence-corrected chi connectivity index (χ4v) is 2.00. The minimum Gasteiger partial charge on any atom is -0.480 e. The Morgan fingerprint density at radius 3 is 2.44 bits per heavy atom. The largest absolute Gasteiger partial charge is 0.480 e. The van der Waals surface area contributed by atoms with Gasteiger partial charge in [0.2, 0.25) is 11.8 Å². The Bertz CT molecular complexity index is 501. The number of nitrogens with zero attached hydrogens (tertiary/aromatic N) is 1.